The highest BCUT2D eigenvalue weighted by molar-refractivity contribution is 8.00. The third kappa shape index (κ3) is 3.85. The van der Waals surface area contributed by atoms with Crippen molar-refractivity contribution in [2.75, 3.05) is 5.32 Å². The first-order chi connectivity index (χ1) is 12.0. The van der Waals surface area contributed by atoms with E-state index in [1.165, 1.54) is 16.7 Å². The first-order valence-corrected chi connectivity index (χ1v) is 8.17. The van der Waals surface area contributed by atoms with Crippen LogP contribution in [0.3, 0.4) is 0 Å². The molecule has 1 heterocycles. The van der Waals surface area contributed by atoms with Crippen LogP contribution in [0.5, 0.6) is 0 Å². The van der Waals surface area contributed by atoms with Crippen molar-refractivity contribution in [2.45, 2.75) is 10.4 Å². The molecule has 5 nitrogen and oxygen atoms in total. The highest BCUT2D eigenvalue weighted by Gasteiger charge is 2.42. The Balaban J connectivity index is 1.77. The summed E-state index contributed by atoms with van der Waals surface area (Å²) in [7, 11) is 1.58. The summed E-state index contributed by atoms with van der Waals surface area (Å²) in [6, 6.07) is 17.2. The summed E-state index contributed by atoms with van der Waals surface area (Å²) in [6.07, 6.45) is 0. The van der Waals surface area contributed by atoms with Gasteiger partial charge in [-0.05, 0) is 23.9 Å². The Hall–Kier alpha value is -2.74. The lowest BCUT2D eigenvalue weighted by Crippen LogP contribution is -2.31. The van der Waals surface area contributed by atoms with Gasteiger partial charge in [-0.3, -0.25) is 4.79 Å². The molecule has 1 aromatic heterocycles. The van der Waals surface area contributed by atoms with E-state index in [0.29, 0.717) is 11.5 Å². The summed E-state index contributed by atoms with van der Waals surface area (Å²) < 4.78 is 29.9. The van der Waals surface area contributed by atoms with Crippen LogP contribution in [-0.2, 0) is 11.8 Å². The normalized spacial score (nSPS) is 11.3. The van der Waals surface area contributed by atoms with Gasteiger partial charge in [-0.25, -0.2) is 0 Å². The number of aromatic nitrogens is 3. The van der Waals surface area contributed by atoms with Crippen LogP contribution >= 0.6 is 11.8 Å². The maximum atomic E-state index is 14.3. The molecule has 0 radical (unpaired) electrons. The molecule has 0 aliphatic carbocycles. The molecular weight excluding hydrogens is 346 g/mol. The van der Waals surface area contributed by atoms with Crippen LogP contribution in [0.15, 0.2) is 65.8 Å². The fraction of sp³-hybridized carbons (Fsp3) is 0.118. The standard InChI is InChI=1S/C17H14F2N4OS/c1-23-14(12-8-4-2-5-9-12)21-22-16(23)25-17(18,19)15(24)20-13-10-6-3-7-11-13/h2-11H,1H3,(H,20,24). The van der Waals surface area contributed by atoms with Crippen molar-refractivity contribution in [3.63, 3.8) is 0 Å². The smallest absolute Gasteiger partial charge is 0.320 e. The van der Waals surface area contributed by atoms with E-state index in [4.69, 9.17) is 0 Å². The van der Waals surface area contributed by atoms with E-state index in [1.54, 1.807) is 37.4 Å². The van der Waals surface area contributed by atoms with Crippen LogP contribution in [0, 0.1) is 0 Å². The minimum atomic E-state index is -3.69. The SMILES string of the molecule is Cn1c(SC(F)(F)C(=O)Nc2ccccc2)nnc1-c1ccccc1. The van der Waals surface area contributed by atoms with E-state index in [9.17, 15) is 13.6 Å². The molecular formula is C17H14F2N4OS. The predicted molar refractivity (Wildman–Crippen MR) is 92.3 cm³/mol. The van der Waals surface area contributed by atoms with Crippen LogP contribution in [-0.4, -0.2) is 25.9 Å². The quantitative estimate of drug-likeness (QED) is 0.703. The van der Waals surface area contributed by atoms with Crippen LogP contribution in [0.2, 0.25) is 0 Å². The van der Waals surface area contributed by atoms with Crippen molar-refractivity contribution in [3.05, 3.63) is 60.7 Å². The molecule has 25 heavy (non-hydrogen) atoms. The Kier molecular flexibility index (Phi) is 4.80. The lowest BCUT2D eigenvalue weighted by atomic mass is 10.2. The van der Waals surface area contributed by atoms with Crippen molar-refractivity contribution in [1.82, 2.24) is 14.8 Å². The van der Waals surface area contributed by atoms with Crippen LogP contribution < -0.4 is 5.32 Å². The van der Waals surface area contributed by atoms with Crippen LogP contribution in [0.25, 0.3) is 11.4 Å². The van der Waals surface area contributed by atoms with Crippen molar-refractivity contribution >= 4 is 23.4 Å². The summed E-state index contributed by atoms with van der Waals surface area (Å²) in [5.74, 6) is -0.963. The number of halogens is 2. The zero-order chi connectivity index (χ0) is 17.9. The van der Waals surface area contributed by atoms with E-state index in [0.717, 1.165) is 5.56 Å². The second-order valence-electron chi connectivity index (χ2n) is 5.17. The number of nitrogens with zero attached hydrogens (tertiary/aromatic N) is 3. The number of benzene rings is 2. The summed E-state index contributed by atoms with van der Waals surface area (Å²) in [6.45, 7) is 0. The molecule has 3 aromatic rings. The van der Waals surface area contributed by atoms with Crippen molar-refractivity contribution in [1.29, 1.82) is 0 Å². The molecule has 3 rings (SSSR count). The average Bonchev–Trinajstić information content (AvgIpc) is 2.96. The Bertz CT molecular complexity index is 869. The van der Waals surface area contributed by atoms with Gasteiger partial charge in [-0.2, -0.15) is 8.78 Å². The third-order valence-electron chi connectivity index (χ3n) is 3.38. The van der Waals surface area contributed by atoms with Crippen LogP contribution in [0.1, 0.15) is 0 Å². The van der Waals surface area contributed by atoms with Gasteiger partial charge in [-0.15, -0.1) is 10.2 Å². The number of amides is 1. The molecule has 1 N–H and O–H groups in total. The Morgan fingerprint density at radius 2 is 1.64 bits per heavy atom. The second-order valence-corrected chi connectivity index (χ2v) is 6.25. The molecule has 2 aromatic carbocycles. The molecule has 0 atom stereocenters. The molecule has 0 bridgehead atoms. The number of alkyl halides is 2. The molecule has 0 fully saturated rings. The zero-order valence-electron chi connectivity index (χ0n) is 13.2. The van der Waals surface area contributed by atoms with E-state index in [2.05, 4.69) is 15.5 Å². The summed E-state index contributed by atoms with van der Waals surface area (Å²) in [5.41, 5.74) is 1.05. The number of thioether (sulfide) groups is 1. The topological polar surface area (TPSA) is 59.8 Å². The maximum absolute atomic E-state index is 14.3. The highest BCUT2D eigenvalue weighted by Crippen LogP contribution is 2.36. The molecule has 0 saturated carbocycles. The number of para-hydroxylation sites is 1. The number of rotatable bonds is 5. The van der Waals surface area contributed by atoms with Crippen molar-refractivity contribution in [3.8, 4) is 11.4 Å². The second kappa shape index (κ2) is 7.02. The Morgan fingerprint density at radius 1 is 1.04 bits per heavy atom. The lowest BCUT2D eigenvalue weighted by molar-refractivity contribution is -0.129. The van der Waals surface area contributed by atoms with E-state index in [-0.39, 0.29) is 16.9 Å². The number of hydrogen-bond acceptors (Lipinski definition) is 4. The molecule has 0 aliphatic rings. The van der Waals surface area contributed by atoms with Gasteiger partial charge in [0.15, 0.2) is 11.0 Å². The fourth-order valence-corrected chi connectivity index (χ4v) is 2.81. The minimum absolute atomic E-state index is 0.0490. The van der Waals surface area contributed by atoms with Gasteiger partial charge in [0.2, 0.25) is 0 Å². The fourth-order valence-electron chi connectivity index (χ4n) is 2.13. The van der Waals surface area contributed by atoms with Gasteiger partial charge >= 0.3 is 11.2 Å². The van der Waals surface area contributed by atoms with Gasteiger partial charge in [-0.1, -0.05) is 48.5 Å². The van der Waals surface area contributed by atoms with Crippen molar-refractivity contribution < 1.29 is 13.6 Å². The van der Waals surface area contributed by atoms with Gasteiger partial charge in [0.1, 0.15) is 0 Å². The summed E-state index contributed by atoms with van der Waals surface area (Å²) in [5, 5.41) is 6.18. The Morgan fingerprint density at radius 3 is 2.28 bits per heavy atom. The predicted octanol–water partition coefficient (Wildman–Crippen LogP) is 3.81. The van der Waals surface area contributed by atoms with Gasteiger partial charge in [0.25, 0.3) is 0 Å². The van der Waals surface area contributed by atoms with Crippen LogP contribution in [0.4, 0.5) is 14.5 Å². The highest BCUT2D eigenvalue weighted by atomic mass is 32.2. The van der Waals surface area contributed by atoms with Gasteiger partial charge in [0, 0.05) is 18.3 Å². The van der Waals surface area contributed by atoms with Crippen molar-refractivity contribution in [2.24, 2.45) is 7.05 Å². The zero-order valence-corrected chi connectivity index (χ0v) is 14.0. The molecule has 0 unspecified atom stereocenters. The average molecular weight is 360 g/mol. The number of anilines is 1. The minimum Gasteiger partial charge on any atom is -0.320 e. The van der Waals surface area contributed by atoms with E-state index >= 15 is 0 Å². The first-order valence-electron chi connectivity index (χ1n) is 7.35. The first kappa shape index (κ1) is 17.1. The Labute approximate surface area is 147 Å². The molecule has 0 spiro atoms. The van der Waals surface area contributed by atoms with Gasteiger partial charge < -0.3 is 9.88 Å². The van der Waals surface area contributed by atoms with Gasteiger partial charge in [0.05, 0.1) is 0 Å². The third-order valence-corrected chi connectivity index (χ3v) is 4.36. The largest absolute Gasteiger partial charge is 0.378 e. The molecule has 1 amide bonds. The summed E-state index contributed by atoms with van der Waals surface area (Å²) in [4.78, 5) is 11.9. The number of nitrogens with one attached hydrogen (secondary N) is 1. The molecule has 8 heteroatoms. The lowest BCUT2D eigenvalue weighted by Gasteiger charge is -2.14. The summed E-state index contributed by atoms with van der Waals surface area (Å²) >= 11 is 0.0593. The van der Waals surface area contributed by atoms with E-state index in [1.807, 2.05) is 18.2 Å². The number of carbonyl (C=O) groups is 1. The number of carbonyl (C=O) groups excluding carboxylic acids is 1. The molecule has 0 aliphatic heterocycles. The molecule has 0 saturated heterocycles. The number of hydrogen-bond donors (Lipinski definition) is 1. The maximum Gasteiger partial charge on any atom is 0.378 e. The van der Waals surface area contributed by atoms with E-state index < -0.39 is 11.2 Å². The monoisotopic (exact) mass is 360 g/mol. The molecule has 128 valence electrons.